The zero-order valence-electron chi connectivity index (χ0n) is 12.9. The van der Waals surface area contributed by atoms with E-state index in [1.165, 1.54) is 0 Å². The summed E-state index contributed by atoms with van der Waals surface area (Å²) in [5.74, 6) is 0.492. The van der Waals surface area contributed by atoms with E-state index in [-0.39, 0.29) is 12.0 Å². The lowest BCUT2D eigenvalue weighted by atomic mass is 10.1. The van der Waals surface area contributed by atoms with Gasteiger partial charge in [0, 0.05) is 25.5 Å². The standard InChI is InChI=1S/C17H20N4O2/c18-16-11-13(6-8-20-16)4-5-14-12-21(9-10-23-14)17(22)15-3-1-2-7-19-15/h1-3,6-8,11,14H,4-5,9-10,12H2,(H2,18,20)/t14-/m0/s1. The Morgan fingerprint density at radius 3 is 3.00 bits per heavy atom. The van der Waals surface area contributed by atoms with Crippen molar-refractivity contribution in [3.63, 3.8) is 0 Å². The second kappa shape index (κ2) is 7.19. The van der Waals surface area contributed by atoms with Gasteiger partial charge in [0.25, 0.3) is 5.91 Å². The Kier molecular flexibility index (Phi) is 4.83. The Morgan fingerprint density at radius 1 is 1.30 bits per heavy atom. The Labute approximate surface area is 135 Å². The highest BCUT2D eigenvalue weighted by molar-refractivity contribution is 5.92. The molecule has 1 aliphatic rings. The number of nitrogen functional groups attached to an aromatic ring is 1. The monoisotopic (exact) mass is 312 g/mol. The van der Waals surface area contributed by atoms with Crippen molar-refractivity contribution in [1.82, 2.24) is 14.9 Å². The largest absolute Gasteiger partial charge is 0.384 e. The summed E-state index contributed by atoms with van der Waals surface area (Å²) >= 11 is 0. The highest BCUT2D eigenvalue weighted by atomic mass is 16.5. The van der Waals surface area contributed by atoms with Gasteiger partial charge in [-0.15, -0.1) is 0 Å². The lowest BCUT2D eigenvalue weighted by molar-refractivity contribution is -0.0247. The van der Waals surface area contributed by atoms with Crippen LogP contribution in [0.1, 0.15) is 22.5 Å². The maximum absolute atomic E-state index is 12.4. The number of amides is 1. The molecular weight excluding hydrogens is 292 g/mol. The highest BCUT2D eigenvalue weighted by Gasteiger charge is 2.25. The SMILES string of the molecule is Nc1cc(CC[C@H]2CN(C(=O)c3ccccn3)CCO2)ccn1. The molecule has 120 valence electrons. The van der Waals surface area contributed by atoms with Gasteiger partial charge in [0.2, 0.25) is 0 Å². The van der Waals surface area contributed by atoms with Gasteiger partial charge in [-0.2, -0.15) is 0 Å². The fourth-order valence-electron chi connectivity index (χ4n) is 2.71. The molecule has 2 aromatic rings. The van der Waals surface area contributed by atoms with Crippen LogP contribution in [0.5, 0.6) is 0 Å². The van der Waals surface area contributed by atoms with E-state index in [1.54, 1.807) is 24.5 Å². The Bertz CT molecular complexity index is 663. The number of hydrogen-bond acceptors (Lipinski definition) is 5. The van der Waals surface area contributed by atoms with Gasteiger partial charge < -0.3 is 15.4 Å². The van der Waals surface area contributed by atoms with Crippen LogP contribution in [0.25, 0.3) is 0 Å². The van der Waals surface area contributed by atoms with Crippen molar-refractivity contribution >= 4 is 11.7 Å². The van der Waals surface area contributed by atoms with Gasteiger partial charge in [-0.1, -0.05) is 6.07 Å². The van der Waals surface area contributed by atoms with Crippen LogP contribution in [0.3, 0.4) is 0 Å². The molecule has 0 radical (unpaired) electrons. The van der Waals surface area contributed by atoms with E-state index in [1.807, 2.05) is 23.1 Å². The molecule has 2 N–H and O–H groups in total. The molecule has 0 spiro atoms. The fourth-order valence-corrected chi connectivity index (χ4v) is 2.71. The molecule has 1 aliphatic heterocycles. The number of nitrogens with two attached hydrogens (primary N) is 1. The minimum Gasteiger partial charge on any atom is -0.384 e. The summed E-state index contributed by atoms with van der Waals surface area (Å²) in [4.78, 5) is 22.4. The summed E-state index contributed by atoms with van der Waals surface area (Å²) in [7, 11) is 0. The molecule has 0 saturated carbocycles. The summed E-state index contributed by atoms with van der Waals surface area (Å²) in [6.45, 7) is 1.76. The number of pyridine rings is 2. The second-order valence-corrected chi connectivity index (χ2v) is 5.59. The molecule has 6 heteroatoms. The third-order valence-electron chi connectivity index (χ3n) is 3.91. The maximum Gasteiger partial charge on any atom is 0.272 e. The zero-order chi connectivity index (χ0) is 16.1. The number of aromatic nitrogens is 2. The molecule has 1 fully saturated rings. The second-order valence-electron chi connectivity index (χ2n) is 5.59. The number of nitrogens with zero attached hydrogens (tertiary/aromatic N) is 3. The molecule has 0 unspecified atom stereocenters. The predicted octanol–water partition coefficient (Wildman–Crippen LogP) is 1.53. The van der Waals surface area contributed by atoms with Gasteiger partial charge in [-0.05, 0) is 42.7 Å². The molecule has 23 heavy (non-hydrogen) atoms. The van der Waals surface area contributed by atoms with E-state index in [4.69, 9.17) is 10.5 Å². The van der Waals surface area contributed by atoms with Crippen LogP contribution in [0.15, 0.2) is 42.7 Å². The molecule has 0 aliphatic carbocycles. The van der Waals surface area contributed by atoms with Crippen LogP contribution >= 0.6 is 0 Å². The smallest absolute Gasteiger partial charge is 0.272 e. The number of anilines is 1. The normalized spacial score (nSPS) is 17.9. The fraction of sp³-hybridized carbons (Fsp3) is 0.353. The highest BCUT2D eigenvalue weighted by Crippen LogP contribution is 2.15. The first-order valence-corrected chi connectivity index (χ1v) is 7.74. The molecule has 1 atom stereocenters. The molecule has 6 nitrogen and oxygen atoms in total. The topological polar surface area (TPSA) is 81.3 Å². The van der Waals surface area contributed by atoms with Crippen molar-refractivity contribution < 1.29 is 9.53 Å². The van der Waals surface area contributed by atoms with Gasteiger partial charge in [-0.25, -0.2) is 4.98 Å². The van der Waals surface area contributed by atoms with Crippen molar-refractivity contribution in [2.24, 2.45) is 0 Å². The first-order valence-electron chi connectivity index (χ1n) is 7.74. The van der Waals surface area contributed by atoms with Gasteiger partial charge in [-0.3, -0.25) is 9.78 Å². The van der Waals surface area contributed by atoms with E-state index >= 15 is 0 Å². The average Bonchev–Trinajstić information content (AvgIpc) is 2.60. The number of aryl methyl sites for hydroxylation is 1. The molecule has 0 aromatic carbocycles. The van der Waals surface area contributed by atoms with Gasteiger partial charge in [0.05, 0.1) is 12.7 Å². The van der Waals surface area contributed by atoms with Crippen molar-refractivity contribution in [2.75, 3.05) is 25.4 Å². The van der Waals surface area contributed by atoms with Crippen LogP contribution in [-0.2, 0) is 11.2 Å². The minimum absolute atomic E-state index is 0.0332. The predicted molar refractivity (Wildman–Crippen MR) is 86.9 cm³/mol. The molecule has 1 amide bonds. The Balaban J connectivity index is 1.57. The van der Waals surface area contributed by atoms with Crippen molar-refractivity contribution in [1.29, 1.82) is 0 Å². The summed E-state index contributed by atoms with van der Waals surface area (Å²) in [6, 6.07) is 9.20. The summed E-state index contributed by atoms with van der Waals surface area (Å²) in [5, 5.41) is 0. The van der Waals surface area contributed by atoms with Crippen LogP contribution in [0, 0.1) is 0 Å². The lowest BCUT2D eigenvalue weighted by Gasteiger charge is -2.32. The molecule has 0 bridgehead atoms. The van der Waals surface area contributed by atoms with Crippen molar-refractivity contribution in [2.45, 2.75) is 18.9 Å². The van der Waals surface area contributed by atoms with Crippen LogP contribution in [0.2, 0.25) is 0 Å². The van der Waals surface area contributed by atoms with Crippen LogP contribution in [0.4, 0.5) is 5.82 Å². The van der Waals surface area contributed by atoms with E-state index in [0.717, 1.165) is 18.4 Å². The van der Waals surface area contributed by atoms with E-state index in [0.29, 0.717) is 31.2 Å². The van der Waals surface area contributed by atoms with Gasteiger partial charge >= 0.3 is 0 Å². The number of hydrogen-bond donors (Lipinski definition) is 1. The van der Waals surface area contributed by atoms with E-state index < -0.39 is 0 Å². The maximum atomic E-state index is 12.4. The van der Waals surface area contributed by atoms with Crippen molar-refractivity contribution in [3.05, 3.63) is 54.0 Å². The first kappa shape index (κ1) is 15.4. The summed E-state index contributed by atoms with van der Waals surface area (Å²) < 4.78 is 5.79. The lowest BCUT2D eigenvalue weighted by Crippen LogP contribution is -2.46. The third kappa shape index (κ3) is 4.04. The van der Waals surface area contributed by atoms with Crippen LogP contribution < -0.4 is 5.73 Å². The number of morpholine rings is 1. The number of carbonyl (C=O) groups is 1. The van der Waals surface area contributed by atoms with Crippen molar-refractivity contribution in [3.8, 4) is 0 Å². The average molecular weight is 312 g/mol. The minimum atomic E-state index is -0.0351. The van der Waals surface area contributed by atoms with E-state index in [9.17, 15) is 4.79 Å². The van der Waals surface area contributed by atoms with Gasteiger partial charge in [0.15, 0.2) is 0 Å². The molecule has 1 saturated heterocycles. The van der Waals surface area contributed by atoms with Gasteiger partial charge in [0.1, 0.15) is 11.5 Å². The van der Waals surface area contributed by atoms with E-state index in [2.05, 4.69) is 9.97 Å². The quantitative estimate of drug-likeness (QED) is 0.926. The summed E-state index contributed by atoms with van der Waals surface area (Å²) in [6.07, 6.45) is 5.08. The summed E-state index contributed by atoms with van der Waals surface area (Å²) in [5.41, 5.74) is 7.31. The molecular formula is C17H20N4O2. The number of rotatable bonds is 4. The number of ether oxygens (including phenoxy) is 1. The van der Waals surface area contributed by atoms with Crippen LogP contribution in [-0.4, -0.2) is 46.6 Å². The Morgan fingerprint density at radius 2 is 2.22 bits per heavy atom. The molecule has 3 rings (SSSR count). The third-order valence-corrected chi connectivity index (χ3v) is 3.91. The Hall–Kier alpha value is -2.47. The number of carbonyl (C=O) groups excluding carboxylic acids is 1. The first-order chi connectivity index (χ1) is 11.2. The zero-order valence-corrected chi connectivity index (χ0v) is 12.9. The molecule has 3 heterocycles. The molecule has 2 aromatic heterocycles.